The van der Waals surface area contributed by atoms with Crippen LogP contribution in [0.2, 0.25) is 5.02 Å². The Morgan fingerprint density at radius 3 is 2.81 bits per heavy atom. The number of nitrogens with zero attached hydrogens (tertiary/aromatic N) is 2. The standard InChI is InChI=1S/C16H28ClN3O/c1-4-9-18-13(15-8-7-10-21-15)11-14-16(17)12(5-2)19-20(14)6-3/h13,15,18H,4-11H2,1-3H3. The van der Waals surface area contributed by atoms with Crippen molar-refractivity contribution in [1.82, 2.24) is 15.1 Å². The zero-order valence-electron chi connectivity index (χ0n) is 13.5. The summed E-state index contributed by atoms with van der Waals surface area (Å²) < 4.78 is 7.95. The van der Waals surface area contributed by atoms with Gasteiger partial charge < -0.3 is 10.1 Å². The molecule has 2 rings (SSSR count). The summed E-state index contributed by atoms with van der Waals surface area (Å²) in [6.45, 7) is 9.18. The smallest absolute Gasteiger partial charge is 0.0850 e. The lowest BCUT2D eigenvalue weighted by Gasteiger charge is -2.24. The molecule has 1 fully saturated rings. The van der Waals surface area contributed by atoms with Crippen molar-refractivity contribution in [3.63, 3.8) is 0 Å². The number of rotatable bonds is 8. The van der Waals surface area contributed by atoms with E-state index < -0.39 is 0 Å². The number of hydrogen-bond acceptors (Lipinski definition) is 3. The monoisotopic (exact) mass is 313 g/mol. The minimum atomic E-state index is 0.304. The van der Waals surface area contributed by atoms with E-state index in [9.17, 15) is 0 Å². The average molecular weight is 314 g/mol. The molecule has 1 aliphatic rings. The molecule has 2 heterocycles. The zero-order valence-corrected chi connectivity index (χ0v) is 14.2. The fourth-order valence-electron chi connectivity index (χ4n) is 3.01. The number of nitrogens with one attached hydrogen (secondary N) is 1. The highest BCUT2D eigenvalue weighted by molar-refractivity contribution is 6.31. The summed E-state index contributed by atoms with van der Waals surface area (Å²) in [7, 11) is 0. The van der Waals surface area contributed by atoms with Crippen LogP contribution in [0.4, 0.5) is 0 Å². The number of halogens is 1. The van der Waals surface area contributed by atoms with Gasteiger partial charge in [-0.25, -0.2) is 0 Å². The van der Waals surface area contributed by atoms with Gasteiger partial charge in [0.25, 0.3) is 0 Å². The lowest BCUT2D eigenvalue weighted by atomic mass is 10.0. The molecule has 0 radical (unpaired) electrons. The normalized spacial score (nSPS) is 20.1. The van der Waals surface area contributed by atoms with Gasteiger partial charge in [-0.15, -0.1) is 0 Å². The molecule has 0 saturated carbocycles. The molecule has 1 aromatic rings. The molecular formula is C16H28ClN3O. The highest BCUT2D eigenvalue weighted by atomic mass is 35.5. The molecule has 0 aliphatic carbocycles. The highest BCUT2D eigenvalue weighted by Crippen LogP contribution is 2.26. The van der Waals surface area contributed by atoms with E-state index in [0.29, 0.717) is 12.1 Å². The first kappa shape index (κ1) is 16.8. The summed E-state index contributed by atoms with van der Waals surface area (Å²) in [5.41, 5.74) is 2.16. The van der Waals surface area contributed by atoms with E-state index >= 15 is 0 Å². The predicted molar refractivity (Wildman–Crippen MR) is 87.0 cm³/mol. The van der Waals surface area contributed by atoms with Crippen LogP contribution in [0.25, 0.3) is 0 Å². The molecule has 1 N–H and O–H groups in total. The van der Waals surface area contributed by atoms with Crippen molar-refractivity contribution in [2.45, 2.75) is 71.6 Å². The summed E-state index contributed by atoms with van der Waals surface area (Å²) in [6, 6.07) is 0.330. The molecule has 0 spiro atoms. The summed E-state index contributed by atoms with van der Waals surface area (Å²) in [4.78, 5) is 0. The summed E-state index contributed by atoms with van der Waals surface area (Å²) in [6.07, 6.45) is 5.51. The summed E-state index contributed by atoms with van der Waals surface area (Å²) in [5.74, 6) is 0. The van der Waals surface area contributed by atoms with Gasteiger partial charge in [-0.1, -0.05) is 25.4 Å². The Morgan fingerprint density at radius 1 is 1.43 bits per heavy atom. The van der Waals surface area contributed by atoms with Gasteiger partial charge in [0.15, 0.2) is 0 Å². The third kappa shape index (κ3) is 3.99. The highest BCUT2D eigenvalue weighted by Gasteiger charge is 2.28. The van der Waals surface area contributed by atoms with E-state index in [4.69, 9.17) is 16.3 Å². The van der Waals surface area contributed by atoms with Crippen LogP contribution < -0.4 is 5.32 Å². The average Bonchev–Trinajstić information content (AvgIpc) is 3.12. The molecule has 1 aromatic heterocycles. The van der Waals surface area contributed by atoms with Gasteiger partial charge in [0.2, 0.25) is 0 Å². The first-order chi connectivity index (χ1) is 10.2. The topological polar surface area (TPSA) is 39.1 Å². The fraction of sp³-hybridized carbons (Fsp3) is 0.812. The van der Waals surface area contributed by atoms with Crippen LogP contribution in [-0.4, -0.2) is 35.1 Å². The van der Waals surface area contributed by atoms with Crippen molar-refractivity contribution in [2.24, 2.45) is 0 Å². The molecule has 5 heteroatoms. The van der Waals surface area contributed by atoms with E-state index in [1.807, 2.05) is 0 Å². The maximum absolute atomic E-state index is 6.54. The quantitative estimate of drug-likeness (QED) is 0.801. The van der Waals surface area contributed by atoms with Gasteiger partial charge >= 0.3 is 0 Å². The van der Waals surface area contributed by atoms with Crippen LogP contribution in [-0.2, 0) is 24.1 Å². The molecule has 0 amide bonds. The van der Waals surface area contributed by atoms with Crippen molar-refractivity contribution in [3.8, 4) is 0 Å². The number of hydrogen-bond donors (Lipinski definition) is 1. The summed E-state index contributed by atoms with van der Waals surface area (Å²) >= 11 is 6.54. The van der Waals surface area contributed by atoms with Gasteiger partial charge in [-0.05, 0) is 39.2 Å². The maximum Gasteiger partial charge on any atom is 0.0850 e. The number of aryl methyl sites for hydroxylation is 2. The minimum Gasteiger partial charge on any atom is -0.377 e. The molecule has 2 atom stereocenters. The SMILES string of the molecule is CCCNC(Cc1c(Cl)c(CC)nn1CC)C1CCCO1. The Hall–Kier alpha value is -0.580. The van der Waals surface area contributed by atoms with Crippen LogP contribution >= 0.6 is 11.6 Å². The Bertz CT molecular complexity index is 441. The van der Waals surface area contributed by atoms with Gasteiger partial charge in [-0.2, -0.15) is 5.10 Å². The van der Waals surface area contributed by atoms with Gasteiger partial charge in [0, 0.05) is 25.6 Å². The van der Waals surface area contributed by atoms with Gasteiger partial charge in [0.1, 0.15) is 0 Å². The molecule has 21 heavy (non-hydrogen) atoms. The van der Waals surface area contributed by atoms with Crippen LogP contribution in [0.15, 0.2) is 0 Å². The van der Waals surface area contributed by atoms with E-state index in [1.54, 1.807) is 0 Å². The largest absolute Gasteiger partial charge is 0.377 e. The molecule has 1 saturated heterocycles. The van der Waals surface area contributed by atoms with Gasteiger partial charge in [-0.3, -0.25) is 4.68 Å². The van der Waals surface area contributed by atoms with E-state index in [1.165, 1.54) is 0 Å². The fourth-order valence-corrected chi connectivity index (χ4v) is 3.35. The Kier molecular flexibility index (Phi) is 6.52. The van der Waals surface area contributed by atoms with E-state index in [0.717, 1.165) is 68.2 Å². The molecule has 0 bridgehead atoms. The third-order valence-corrected chi connectivity index (χ3v) is 4.61. The second kappa shape index (κ2) is 8.16. The van der Waals surface area contributed by atoms with Crippen molar-refractivity contribution >= 4 is 11.6 Å². The first-order valence-corrected chi connectivity index (χ1v) is 8.68. The predicted octanol–water partition coefficient (Wildman–Crippen LogP) is 3.21. The molecule has 0 aromatic carbocycles. The van der Waals surface area contributed by atoms with Crippen LogP contribution in [0, 0.1) is 0 Å². The lowest BCUT2D eigenvalue weighted by molar-refractivity contribution is 0.0777. The van der Waals surface area contributed by atoms with Crippen LogP contribution in [0.3, 0.4) is 0 Å². The number of ether oxygens (including phenoxy) is 1. The zero-order chi connectivity index (χ0) is 15.2. The Balaban J connectivity index is 2.16. The minimum absolute atomic E-state index is 0.304. The molecule has 2 unspecified atom stereocenters. The van der Waals surface area contributed by atoms with Crippen molar-refractivity contribution in [1.29, 1.82) is 0 Å². The first-order valence-electron chi connectivity index (χ1n) is 8.30. The maximum atomic E-state index is 6.54. The second-order valence-corrected chi connectivity index (χ2v) is 6.07. The van der Waals surface area contributed by atoms with Crippen LogP contribution in [0.1, 0.15) is 51.4 Å². The van der Waals surface area contributed by atoms with E-state index in [2.05, 4.69) is 35.9 Å². The Morgan fingerprint density at radius 2 is 2.24 bits per heavy atom. The Labute approximate surface area is 133 Å². The second-order valence-electron chi connectivity index (χ2n) is 5.69. The van der Waals surface area contributed by atoms with Crippen LogP contribution in [0.5, 0.6) is 0 Å². The third-order valence-electron chi connectivity index (χ3n) is 4.18. The van der Waals surface area contributed by atoms with E-state index in [-0.39, 0.29) is 0 Å². The van der Waals surface area contributed by atoms with Crippen molar-refractivity contribution in [3.05, 3.63) is 16.4 Å². The molecule has 4 nitrogen and oxygen atoms in total. The number of aromatic nitrogens is 2. The summed E-state index contributed by atoms with van der Waals surface area (Å²) in [5, 5.41) is 9.11. The van der Waals surface area contributed by atoms with Gasteiger partial charge in [0.05, 0.1) is 22.5 Å². The molecular weight excluding hydrogens is 286 g/mol. The lowest BCUT2D eigenvalue weighted by Crippen LogP contribution is -2.42. The molecule has 1 aliphatic heterocycles. The molecule has 120 valence electrons. The van der Waals surface area contributed by atoms with Crippen molar-refractivity contribution in [2.75, 3.05) is 13.2 Å². The van der Waals surface area contributed by atoms with Crippen molar-refractivity contribution < 1.29 is 4.74 Å².